The second kappa shape index (κ2) is 4.72. The molecule has 1 fully saturated rings. The fourth-order valence-corrected chi connectivity index (χ4v) is 2.24. The molecule has 0 aromatic rings. The summed E-state index contributed by atoms with van der Waals surface area (Å²) in [6, 6.07) is -0.0730. The first-order chi connectivity index (χ1) is 7.23. The van der Waals surface area contributed by atoms with E-state index in [1.165, 1.54) is 0 Å². The summed E-state index contributed by atoms with van der Waals surface area (Å²) in [6.45, 7) is 12.9. The Balaban J connectivity index is 2.77. The SMILES string of the molecule is CC(C)N1CCN(C(C)(C)C)C[C@H]1C(=O)O. The molecule has 0 unspecified atom stereocenters. The van der Waals surface area contributed by atoms with Crippen LogP contribution in [-0.4, -0.2) is 58.1 Å². The van der Waals surface area contributed by atoms with Crippen LogP contribution in [0.3, 0.4) is 0 Å². The van der Waals surface area contributed by atoms with Gasteiger partial charge in [0.1, 0.15) is 6.04 Å². The third kappa shape index (κ3) is 2.95. The number of carboxylic acids is 1. The van der Waals surface area contributed by atoms with Crippen molar-refractivity contribution in [1.82, 2.24) is 9.80 Å². The van der Waals surface area contributed by atoms with Gasteiger partial charge in [0.25, 0.3) is 0 Å². The lowest BCUT2D eigenvalue weighted by atomic mass is 10.0. The van der Waals surface area contributed by atoms with E-state index in [1.54, 1.807) is 0 Å². The summed E-state index contributed by atoms with van der Waals surface area (Å²) in [5.41, 5.74) is 0.0524. The molecule has 0 amide bonds. The van der Waals surface area contributed by atoms with Crippen LogP contribution in [0.1, 0.15) is 34.6 Å². The molecule has 4 heteroatoms. The van der Waals surface area contributed by atoms with Gasteiger partial charge in [0, 0.05) is 31.2 Å². The maximum atomic E-state index is 11.3. The fraction of sp³-hybridized carbons (Fsp3) is 0.917. The Hall–Kier alpha value is -0.610. The molecule has 94 valence electrons. The third-order valence-corrected chi connectivity index (χ3v) is 3.32. The highest BCUT2D eigenvalue weighted by Crippen LogP contribution is 2.20. The van der Waals surface area contributed by atoms with Gasteiger partial charge < -0.3 is 5.11 Å². The van der Waals surface area contributed by atoms with Crippen molar-refractivity contribution in [2.45, 2.75) is 52.2 Å². The van der Waals surface area contributed by atoms with Gasteiger partial charge in [0.05, 0.1) is 0 Å². The van der Waals surface area contributed by atoms with Crippen LogP contribution in [0.5, 0.6) is 0 Å². The first-order valence-corrected chi connectivity index (χ1v) is 5.97. The van der Waals surface area contributed by atoms with E-state index in [0.717, 1.165) is 13.1 Å². The van der Waals surface area contributed by atoms with E-state index < -0.39 is 5.97 Å². The van der Waals surface area contributed by atoms with Crippen molar-refractivity contribution < 1.29 is 9.90 Å². The van der Waals surface area contributed by atoms with Crippen LogP contribution in [0.4, 0.5) is 0 Å². The first kappa shape index (κ1) is 13.5. The van der Waals surface area contributed by atoms with Crippen molar-refractivity contribution in [1.29, 1.82) is 0 Å². The molecule has 1 heterocycles. The fourth-order valence-electron chi connectivity index (χ4n) is 2.24. The van der Waals surface area contributed by atoms with Gasteiger partial charge in [0.2, 0.25) is 0 Å². The van der Waals surface area contributed by atoms with Crippen LogP contribution in [0.15, 0.2) is 0 Å². The summed E-state index contributed by atoms with van der Waals surface area (Å²) in [7, 11) is 0. The molecule has 1 aliphatic heterocycles. The van der Waals surface area contributed by atoms with Gasteiger partial charge in [-0.3, -0.25) is 14.6 Å². The number of piperazine rings is 1. The van der Waals surface area contributed by atoms with E-state index in [1.807, 2.05) is 0 Å². The van der Waals surface area contributed by atoms with E-state index >= 15 is 0 Å². The first-order valence-electron chi connectivity index (χ1n) is 5.97. The highest BCUT2D eigenvalue weighted by atomic mass is 16.4. The lowest BCUT2D eigenvalue weighted by Gasteiger charge is -2.46. The molecule has 0 radical (unpaired) electrons. The quantitative estimate of drug-likeness (QED) is 0.773. The minimum atomic E-state index is -0.706. The molecule has 0 aromatic heterocycles. The Morgan fingerprint density at radius 3 is 2.25 bits per heavy atom. The average molecular weight is 228 g/mol. The van der Waals surface area contributed by atoms with Crippen molar-refractivity contribution in [3.05, 3.63) is 0 Å². The van der Waals surface area contributed by atoms with Gasteiger partial charge in [-0.1, -0.05) is 0 Å². The van der Waals surface area contributed by atoms with E-state index in [-0.39, 0.29) is 11.6 Å². The normalized spacial score (nSPS) is 25.0. The van der Waals surface area contributed by atoms with Crippen LogP contribution in [0.25, 0.3) is 0 Å². The Labute approximate surface area is 98.2 Å². The number of hydrogen-bond acceptors (Lipinski definition) is 3. The molecule has 0 aromatic carbocycles. The highest BCUT2D eigenvalue weighted by molar-refractivity contribution is 5.74. The second-order valence-corrected chi connectivity index (χ2v) is 5.80. The molecule has 1 N–H and O–H groups in total. The maximum absolute atomic E-state index is 11.3. The van der Waals surface area contributed by atoms with Crippen LogP contribution in [-0.2, 0) is 4.79 Å². The Morgan fingerprint density at radius 2 is 1.88 bits per heavy atom. The highest BCUT2D eigenvalue weighted by Gasteiger charge is 2.37. The van der Waals surface area contributed by atoms with Crippen molar-refractivity contribution in [2.24, 2.45) is 0 Å². The monoisotopic (exact) mass is 228 g/mol. The van der Waals surface area contributed by atoms with E-state index in [0.29, 0.717) is 12.6 Å². The minimum absolute atomic E-state index is 0.0524. The lowest BCUT2D eigenvalue weighted by molar-refractivity contribution is -0.148. The molecule has 16 heavy (non-hydrogen) atoms. The predicted molar refractivity (Wildman–Crippen MR) is 64.6 cm³/mol. The topological polar surface area (TPSA) is 43.8 Å². The summed E-state index contributed by atoms with van der Waals surface area (Å²) in [4.78, 5) is 15.6. The zero-order valence-electron chi connectivity index (χ0n) is 11.0. The summed E-state index contributed by atoms with van der Waals surface area (Å²) >= 11 is 0. The number of rotatable bonds is 2. The van der Waals surface area contributed by atoms with Gasteiger partial charge in [-0.25, -0.2) is 0 Å². The number of carbonyl (C=O) groups is 1. The van der Waals surface area contributed by atoms with Crippen molar-refractivity contribution >= 4 is 5.97 Å². The Kier molecular flexibility index (Phi) is 3.97. The second-order valence-electron chi connectivity index (χ2n) is 5.80. The molecule has 1 rings (SSSR count). The van der Waals surface area contributed by atoms with Crippen molar-refractivity contribution in [3.8, 4) is 0 Å². The molecule has 4 nitrogen and oxygen atoms in total. The van der Waals surface area contributed by atoms with Crippen LogP contribution >= 0.6 is 0 Å². The standard InChI is InChI=1S/C12H24N2O2/c1-9(2)14-7-6-13(12(3,4)5)8-10(14)11(15)16/h9-10H,6-8H2,1-5H3,(H,15,16)/t10-/m0/s1. The van der Waals surface area contributed by atoms with Gasteiger partial charge in [-0.05, 0) is 34.6 Å². The van der Waals surface area contributed by atoms with E-state index in [2.05, 4.69) is 44.4 Å². The van der Waals surface area contributed by atoms with Crippen molar-refractivity contribution in [2.75, 3.05) is 19.6 Å². The van der Waals surface area contributed by atoms with Gasteiger partial charge in [-0.15, -0.1) is 0 Å². The lowest BCUT2D eigenvalue weighted by Crippen LogP contribution is -2.62. The van der Waals surface area contributed by atoms with Crippen molar-refractivity contribution in [3.63, 3.8) is 0 Å². The average Bonchev–Trinajstić information content (AvgIpc) is 2.15. The number of aliphatic carboxylic acids is 1. The molecule has 0 spiro atoms. The largest absolute Gasteiger partial charge is 0.480 e. The molecule has 1 atom stereocenters. The molecule has 0 saturated carbocycles. The molecular formula is C12H24N2O2. The zero-order valence-corrected chi connectivity index (χ0v) is 11.0. The zero-order chi connectivity index (χ0) is 12.5. The molecule has 1 aliphatic rings. The van der Waals surface area contributed by atoms with Gasteiger partial charge >= 0.3 is 5.97 Å². The smallest absolute Gasteiger partial charge is 0.322 e. The summed E-state index contributed by atoms with van der Waals surface area (Å²) in [5, 5.41) is 9.27. The minimum Gasteiger partial charge on any atom is -0.480 e. The van der Waals surface area contributed by atoms with E-state index in [9.17, 15) is 9.90 Å². The van der Waals surface area contributed by atoms with Gasteiger partial charge in [0.15, 0.2) is 0 Å². The molecule has 0 bridgehead atoms. The number of nitrogens with zero attached hydrogens (tertiary/aromatic N) is 2. The van der Waals surface area contributed by atoms with Crippen LogP contribution < -0.4 is 0 Å². The molecular weight excluding hydrogens is 204 g/mol. The summed E-state index contributed by atoms with van der Waals surface area (Å²) in [5.74, 6) is -0.706. The van der Waals surface area contributed by atoms with Crippen LogP contribution in [0.2, 0.25) is 0 Å². The predicted octanol–water partition coefficient (Wildman–Crippen LogP) is 1.26. The van der Waals surface area contributed by atoms with Crippen LogP contribution in [0, 0.1) is 0 Å². The summed E-state index contributed by atoms with van der Waals surface area (Å²) < 4.78 is 0. The third-order valence-electron chi connectivity index (χ3n) is 3.32. The maximum Gasteiger partial charge on any atom is 0.322 e. The van der Waals surface area contributed by atoms with E-state index in [4.69, 9.17) is 0 Å². The summed E-state index contributed by atoms with van der Waals surface area (Å²) in [6.07, 6.45) is 0. The Bertz CT molecular complexity index is 258. The number of hydrogen-bond donors (Lipinski definition) is 1. The van der Waals surface area contributed by atoms with Gasteiger partial charge in [-0.2, -0.15) is 0 Å². The molecule has 1 saturated heterocycles. The number of carboxylic acid groups (broad SMARTS) is 1. The molecule has 0 aliphatic carbocycles. The Morgan fingerprint density at radius 1 is 1.31 bits per heavy atom.